The van der Waals surface area contributed by atoms with Crippen molar-refractivity contribution in [2.45, 2.75) is 24.9 Å². The van der Waals surface area contributed by atoms with Crippen molar-refractivity contribution < 1.29 is 19.4 Å². The maximum atomic E-state index is 11.7. The highest BCUT2D eigenvalue weighted by Crippen LogP contribution is 2.39. The molecule has 4 rings (SSSR count). The summed E-state index contributed by atoms with van der Waals surface area (Å²) in [6.45, 7) is 0.961. The van der Waals surface area contributed by atoms with Crippen molar-refractivity contribution in [3.8, 4) is 11.5 Å². The van der Waals surface area contributed by atoms with Crippen LogP contribution in [0, 0.1) is 0 Å². The fourth-order valence-corrected chi connectivity index (χ4v) is 3.56. The van der Waals surface area contributed by atoms with Crippen LogP contribution in [0.3, 0.4) is 0 Å². The molecule has 1 aromatic carbocycles. The number of carbonyl (C=O) groups is 1. The van der Waals surface area contributed by atoms with E-state index in [9.17, 15) is 9.90 Å². The zero-order chi connectivity index (χ0) is 16.5. The van der Waals surface area contributed by atoms with Gasteiger partial charge in [0.2, 0.25) is 6.79 Å². The lowest BCUT2D eigenvalue weighted by Crippen LogP contribution is -2.39. The summed E-state index contributed by atoms with van der Waals surface area (Å²) in [4.78, 5) is 17.9. The lowest BCUT2D eigenvalue weighted by molar-refractivity contribution is -0.142. The molecule has 1 N–H and O–H groups in total. The number of carboxylic acid groups (broad SMARTS) is 1. The average Bonchev–Trinajstić information content (AvgIpc) is 3.25. The quantitative estimate of drug-likeness (QED) is 0.930. The molecule has 2 atom stereocenters. The Morgan fingerprint density at radius 3 is 2.92 bits per heavy atom. The topological polar surface area (TPSA) is 71.9 Å². The summed E-state index contributed by atoms with van der Waals surface area (Å²) in [5.41, 5.74) is 1.96. The van der Waals surface area contributed by atoms with Gasteiger partial charge in [0.25, 0.3) is 0 Å². The fourth-order valence-electron chi connectivity index (χ4n) is 3.56. The number of hydrogen-bond acceptors (Lipinski definition) is 5. The highest BCUT2D eigenvalue weighted by Gasteiger charge is 2.37. The van der Waals surface area contributed by atoms with Crippen LogP contribution < -0.4 is 9.47 Å². The monoisotopic (exact) mass is 326 g/mol. The summed E-state index contributed by atoms with van der Waals surface area (Å²) in [5, 5.41) is 9.58. The summed E-state index contributed by atoms with van der Waals surface area (Å²) in [6, 6.07) is 9.00. The van der Waals surface area contributed by atoms with Crippen molar-refractivity contribution >= 4 is 5.97 Å². The first-order valence-electron chi connectivity index (χ1n) is 8.02. The average molecular weight is 326 g/mol. The van der Waals surface area contributed by atoms with Crippen LogP contribution in [0.15, 0.2) is 42.7 Å². The molecule has 0 saturated carbocycles. The molecule has 2 unspecified atom stereocenters. The third-order valence-electron chi connectivity index (χ3n) is 4.62. The molecule has 124 valence electrons. The van der Waals surface area contributed by atoms with E-state index in [0.29, 0.717) is 12.2 Å². The van der Waals surface area contributed by atoms with Crippen LogP contribution in [0.5, 0.6) is 11.5 Å². The van der Waals surface area contributed by atoms with Crippen LogP contribution in [0.1, 0.15) is 30.0 Å². The number of nitrogens with zero attached hydrogens (tertiary/aromatic N) is 2. The normalized spacial score (nSPS) is 20.9. The molecule has 24 heavy (non-hydrogen) atoms. The number of ether oxygens (including phenoxy) is 2. The second kappa shape index (κ2) is 6.13. The zero-order valence-electron chi connectivity index (χ0n) is 13.1. The summed E-state index contributed by atoms with van der Waals surface area (Å²) >= 11 is 0. The summed E-state index contributed by atoms with van der Waals surface area (Å²) in [5.74, 6) is 0.648. The Morgan fingerprint density at radius 2 is 2.12 bits per heavy atom. The third-order valence-corrected chi connectivity index (χ3v) is 4.62. The van der Waals surface area contributed by atoms with Gasteiger partial charge in [0, 0.05) is 18.9 Å². The molecule has 2 aliphatic heterocycles. The minimum absolute atomic E-state index is 0.170. The van der Waals surface area contributed by atoms with Gasteiger partial charge in [-0.1, -0.05) is 12.1 Å². The maximum Gasteiger partial charge on any atom is 0.320 e. The molecular formula is C18H18N2O4. The van der Waals surface area contributed by atoms with Gasteiger partial charge in [0.1, 0.15) is 6.04 Å². The van der Waals surface area contributed by atoms with Crippen LogP contribution in [-0.2, 0) is 4.79 Å². The van der Waals surface area contributed by atoms with Gasteiger partial charge in [-0.3, -0.25) is 14.7 Å². The molecule has 2 aliphatic rings. The van der Waals surface area contributed by atoms with Crippen LogP contribution in [0.4, 0.5) is 0 Å². The number of benzene rings is 1. The van der Waals surface area contributed by atoms with E-state index in [1.54, 1.807) is 12.4 Å². The molecule has 0 radical (unpaired) electrons. The van der Waals surface area contributed by atoms with E-state index in [1.165, 1.54) is 0 Å². The second-order valence-electron chi connectivity index (χ2n) is 6.04. The molecule has 1 fully saturated rings. The van der Waals surface area contributed by atoms with Crippen molar-refractivity contribution in [3.63, 3.8) is 0 Å². The van der Waals surface area contributed by atoms with E-state index in [1.807, 2.05) is 35.2 Å². The molecule has 3 heterocycles. The molecule has 6 heteroatoms. The minimum atomic E-state index is -0.776. The van der Waals surface area contributed by atoms with Crippen molar-refractivity contribution in [1.82, 2.24) is 9.88 Å². The zero-order valence-corrected chi connectivity index (χ0v) is 13.1. The van der Waals surface area contributed by atoms with Gasteiger partial charge in [-0.15, -0.1) is 0 Å². The van der Waals surface area contributed by atoms with Crippen LogP contribution >= 0.6 is 0 Å². The Balaban J connectivity index is 1.78. The van der Waals surface area contributed by atoms with Gasteiger partial charge in [-0.2, -0.15) is 0 Å². The number of fused-ring (bicyclic) bond motifs is 1. The van der Waals surface area contributed by atoms with Crippen LogP contribution in [-0.4, -0.2) is 40.3 Å². The van der Waals surface area contributed by atoms with E-state index < -0.39 is 12.0 Å². The number of carboxylic acids is 1. The van der Waals surface area contributed by atoms with Crippen molar-refractivity contribution in [1.29, 1.82) is 0 Å². The van der Waals surface area contributed by atoms with E-state index in [-0.39, 0.29) is 12.8 Å². The first-order valence-corrected chi connectivity index (χ1v) is 8.02. The highest BCUT2D eigenvalue weighted by atomic mass is 16.7. The number of rotatable bonds is 4. The van der Waals surface area contributed by atoms with E-state index >= 15 is 0 Å². The fraction of sp³-hybridized carbons (Fsp3) is 0.333. The number of likely N-dealkylation sites (tertiary alicyclic amines) is 1. The van der Waals surface area contributed by atoms with Gasteiger partial charge >= 0.3 is 5.97 Å². The number of aromatic nitrogens is 1. The summed E-state index contributed by atoms with van der Waals surface area (Å²) < 4.78 is 10.9. The van der Waals surface area contributed by atoms with E-state index in [0.717, 1.165) is 29.8 Å². The Bertz CT molecular complexity index is 750. The van der Waals surface area contributed by atoms with E-state index in [4.69, 9.17) is 9.47 Å². The first-order chi connectivity index (χ1) is 11.7. The molecule has 0 bridgehead atoms. The number of pyridine rings is 1. The predicted octanol–water partition coefficient (Wildman–Crippen LogP) is 2.45. The SMILES string of the molecule is O=C(O)C1CCCN1C(c1cccnc1)c1ccc2c(c1)OCO2. The lowest BCUT2D eigenvalue weighted by Gasteiger charge is -2.31. The van der Waals surface area contributed by atoms with Crippen molar-refractivity contribution in [2.24, 2.45) is 0 Å². The number of aliphatic carboxylic acids is 1. The van der Waals surface area contributed by atoms with Gasteiger partial charge in [0.15, 0.2) is 11.5 Å². The lowest BCUT2D eigenvalue weighted by atomic mass is 9.97. The molecule has 0 amide bonds. The number of hydrogen-bond donors (Lipinski definition) is 1. The second-order valence-corrected chi connectivity index (χ2v) is 6.04. The molecular weight excluding hydrogens is 308 g/mol. The molecule has 1 aromatic heterocycles. The van der Waals surface area contributed by atoms with Crippen LogP contribution in [0.2, 0.25) is 0 Å². The Morgan fingerprint density at radius 1 is 1.25 bits per heavy atom. The Kier molecular flexibility index (Phi) is 3.82. The maximum absolute atomic E-state index is 11.7. The van der Waals surface area contributed by atoms with Gasteiger partial charge in [0.05, 0.1) is 6.04 Å². The predicted molar refractivity (Wildman–Crippen MR) is 86.0 cm³/mol. The van der Waals surface area contributed by atoms with Crippen LogP contribution in [0.25, 0.3) is 0 Å². The standard InChI is InChI=1S/C18H18N2O4/c21-18(22)14-4-2-8-20(14)17(13-3-1-7-19-10-13)12-5-6-15-16(9-12)24-11-23-15/h1,3,5-7,9-10,14,17H,2,4,8,11H2,(H,21,22). The van der Waals surface area contributed by atoms with Gasteiger partial charge in [-0.05, 0) is 42.2 Å². The molecule has 2 aromatic rings. The smallest absolute Gasteiger partial charge is 0.320 e. The molecule has 1 saturated heterocycles. The molecule has 6 nitrogen and oxygen atoms in total. The minimum Gasteiger partial charge on any atom is -0.480 e. The van der Waals surface area contributed by atoms with E-state index in [2.05, 4.69) is 4.98 Å². The van der Waals surface area contributed by atoms with Gasteiger partial charge in [-0.25, -0.2) is 0 Å². The Labute approximate surface area is 139 Å². The third kappa shape index (κ3) is 2.59. The Hall–Kier alpha value is -2.60. The molecule has 0 aliphatic carbocycles. The molecule has 0 spiro atoms. The largest absolute Gasteiger partial charge is 0.480 e. The summed E-state index contributed by atoms with van der Waals surface area (Å²) in [6.07, 6.45) is 5.06. The van der Waals surface area contributed by atoms with Gasteiger partial charge < -0.3 is 14.6 Å². The van der Waals surface area contributed by atoms with Crippen molar-refractivity contribution in [3.05, 3.63) is 53.9 Å². The first kappa shape index (κ1) is 15.0. The highest BCUT2D eigenvalue weighted by molar-refractivity contribution is 5.74. The van der Waals surface area contributed by atoms with Crippen molar-refractivity contribution in [2.75, 3.05) is 13.3 Å². The summed E-state index contributed by atoms with van der Waals surface area (Å²) in [7, 11) is 0.